The fourth-order valence-electron chi connectivity index (χ4n) is 9.34. The van der Waals surface area contributed by atoms with Crippen molar-refractivity contribution < 1.29 is 36.0 Å². The zero-order valence-electron chi connectivity index (χ0n) is 25.1. The first-order valence-electron chi connectivity index (χ1n) is 15.4. The van der Waals surface area contributed by atoms with Crippen molar-refractivity contribution in [1.29, 1.82) is 0 Å². The number of hydrogen-bond acceptors (Lipinski definition) is 5. The van der Waals surface area contributed by atoms with Crippen LogP contribution in [0.15, 0.2) is 11.6 Å². The van der Waals surface area contributed by atoms with Crippen molar-refractivity contribution in [2.24, 2.45) is 46.3 Å². The molecule has 0 aliphatic heterocycles. The Kier molecular flexibility index (Phi) is 9.09. The SMILES string of the molecule is CC(C)CCCC(C)C1CCC2C3CC=C4CC(OC(=O)OC(C)C(F)(F)S(=O)(=O)O)CCC4(C)C3CCC12C. The number of hydrogen-bond donors (Lipinski definition) is 1. The van der Waals surface area contributed by atoms with Crippen LogP contribution in [0.25, 0.3) is 0 Å². The summed E-state index contributed by atoms with van der Waals surface area (Å²) in [5.41, 5.74) is 1.74. The van der Waals surface area contributed by atoms with Gasteiger partial charge in [-0.1, -0.05) is 65.5 Å². The molecule has 0 spiro atoms. The van der Waals surface area contributed by atoms with Gasteiger partial charge >= 0.3 is 21.5 Å². The average Bonchev–Trinajstić information content (AvgIpc) is 3.20. The fourth-order valence-corrected chi connectivity index (χ4v) is 9.81. The molecule has 0 aromatic heterocycles. The molecular formula is C31H50F2O6S. The van der Waals surface area contributed by atoms with E-state index in [2.05, 4.69) is 45.4 Å². The first kappa shape index (κ1) is 31.7. The molecule has 4 rings (SSSR count). The number of halogens is 2. The van der Waals surface area contributed by atoms with Crippen LogP contribution in [-0.2, 0) is 19.6 Å². The van der Waals surface area contributed by atoms with E-state index in [0.29, 0.717) is 37.0 Å². The van der Waals surface area contributed by atoms with Crippen molar-refractivity contribution in [3.63, 3.8) is 0 Å². The maximum Gasteiger partial charge on any atom is 0.509 e. The molecule has 9 atom stereocenters. The third-order valence-electron chi connectivity index (χ3n) is 11.6. The predicted octanol–water partition coefficient (Wildman–Crippen LogP) is 8.42. The van der Waals surface area contributed by atoms with Crippen LogP contribution in [0.4, 0.5) is 13.6 Å². The summed E-state index contributed by atoms with van der Waals surface area (Å²) in [5, 5.41) is -4.61. The van der Waals surface area contributed by atoms with Crippen molar-refractivity contribution in [3.8, 4) is 0 Å². The lowest BCUT2D eigenvalue weighted by atomic mass is 9.47. The first-order valence-corrected chi connectivity index (χ1v) is 16.9. The van der Waals surface area contributed by atoms with Crippen LogP contribution in [0.1, 0.15) is 112 Å². The van der Waals surface area contributed by atoms with E-state index in [-0.39, 0.29) is 5.41 Å². The van der Waals surface area contributed by atoms with Gasteiger partial charge in [-0.05, 0) is 98.2 Å². The second-order valence-corrected chi connectivity index (χ2v) is 15.8. The van der Waals surface area contributed by atoms with E-state index in [1.165, 1.54) is 50.5 Å². The van der Waals surface area contributed by atoms with Gasteiger partial charge in [0.15, 0.2) is 6.10 Å². The molecule has 0 bridgehead atoms. The summed E-state index contributed by atoms with van der Waals surface area (Å²) in [7, 11) is -5.72. The molecular weight excluding hydrogens is 538 g/mol. The van der Waals surface area contributed by atoms with Crippen LogP contribution in [0.3, 0.4) is 0 Å². The Balaban J connectivity index is 1.39. The summed E-state index contributed by atoms with van der Waals surface area (Å²) in [4.78, 5) is 12.2. The summed E-state index contributed by atoms with van der Waals surface area (Å²) in [6, 6.07) is 0. The molecule has 9 heteroatoms. The van der Waals surface area contributed by atoms with Gasteiger partial charge in [-0.2, -0.15) is 17.2 Å². The Bertz CT molecular complexity index is 1070. The van der Waals surface area contributed by atoms with Gasteiger partial charge in [0, 0.05) is 6.42 Å². The summed E-state index contributed by atoms with van der Waals surface area (Å²) in [5.74, 6) is 4.35. The highest BCUT2D eigenvalue weighted by Crippen LogP contribution is 2.67. The van der Waals surface area contributed by atoms with E-state index in [9.17, 15) is 22.0 Å². The lowest BCUT2D eigenvalue weighted by Crippen LogP contribution is -2.51. The Labute approximate surface area is 239 Å². The number of alkyl halides is 2. The van der Waals surface area contributed by atoms with Crippen LogP contribution >= 0.6 is 0 Å². The van der Waals surface area contributed by atoms with E-state index in [4.69, 9.17) is 9.29 Å². The molecule has 0 radical (unpaired) electrons. The highest BCUT2D eigenvalue weighted by atomic mass is 32.2. The van der Waals surface area contributed by atoms with Gasteiger partial charge in [-0.3, -0.25) is 4.55 Å². The van der Waals surface area contributed by atoms with Crippen molar-refractivity contribution in [2.75, 3.05) is 0 Å². The van der Waals surface area contributed by atoms with Gasteiger partial charge in [0.2, 0.25) is 0 Å². The zero-order chi connectivity index (χ0) is 29.7. The molecule has 1 N–H and O–H groups in total. The minimum absolute atomic E-state index is 0.0419. The zero-order valence-corrected chi connectivity index (χ0v) is 25.9. The minimum Gasteiger partial charge on any atom is -0.431 e. The van der Waals surface area contributed by atoms with Crippen molar-refractivity contribution >= 4 is 16.3 Å². The molecule has 6 nitrogen and oxygen atoms in total. The normalized spacial score (nSPS) is 37.5. The Morgan fingerprint density at radius 2 is 1.77 bits per heavy atom. The number of rotatable bonds is 9. The maximum absolute atomic E-state index is 13.8. The summed E-state index contributed by atoms with van der Waals surface area (Å²) in [6.45, 7) is 12.8. The summed E-state index contributed by atoms with van der Waals surface area (Å²) in [6.07, 6.45) is 10.3. The summed E-state index contributed by atoms with van der Waals surface area (Å²) < 4.78 is 68.1. The van der Waals surface area contributed by atoms with E-state index in [1.54, 1.807) is 0 Å². The number of carbonyl (C=O) groups is 1. The molecule has 4 aliphatic carbocycles. The molecule has 40 heavy (non-hydrogen) atoms. The second kappa shape index (κ2) is 11.5. The smallest absolute Gasteiger partial charge is 0.431 e. The molecule has 0 saturated heterocycles. The standard InChI is InChI=1S/C31H50F2O6S/c1-19(2)8-7-9-20(3)25-12-13-26-24-11-10-22-18-23(14-16-29(22,5)27(24)15-17-30(25,26)6)39-28(34)38-21(4)31(32,33)40(35,36)37/h10,19-21,23-27H,7-9,11-18H2,1-6H3,(H,35,36,37). The number of allylic oxidation sites excluding steroid dienone is 1. The van der Waals surface area contributed by atoms with Crippen molar-refractivity contribution in [2.45, 2.75) is 130 Å². The number of carbonyl (C=O) groups excluding carboxylic acids is 1. The van der Waals surface area contributed by atoms with Crippen molar-refractivity contribution in [3.05, 3.63) is 11.6 Å². The Hall–Kier alpha value is -1.22. The van der Waals surface area contributed by atoms with Gasteiger partial charge in [0.25, 0.3) is 0 Å². The molecule has 0 aromatic rings. The number of ether oxygens (including phenoxy) is 2. The molecule has 230 valence electrons. The van der Waals surface area contributed by atoms with Gasteiger partial charge in [-0.25, -0.2) is 4.79 Å². The maximum atomic E-state index is 13.8. The van der Waals surface area contributed by atoms with Crippen LogP contribution in [0.5, 0.6) is 0 Å². The van der Waals surface area contributed by atoms with Gasteiger partial charge in [0.1, 0.15) is 6.10 Å². The molecule has 0 heterocycles. The monoisotopic (exact) mass is 588 g/mol. The molecule has 3 fully saturated rings. The van der Waals surface area contributed by atoms with E-state index >= 15 is 0 Å². The van der Waals surface area contributed by atoms with E-state index < -0.39 is 33.7 Å². The molecule has 4 aliphatic rings. The van der Waals surface area contributed by atoms with Gasteiger partial charge < -0.3 is 9.47 Å². The molecule has 0 aromatic carbocycles. The van der Waals surface area contributed by atoms with Crippen LogP contribution in [0, 0.1) is 46.3 Å². The lowest BCUT2D eigenvalue weighted by Gasteiger charge is -2.58. The van der Waals surface area contributed by atoms with Gasteiger partial charge in [0.05, 0.1) is 0 Å². The second-order valence-electron chi connectivity index (χ2n) is 14.3. The highest BCUT2D eigenvalue weighted by Gasteiger charge is 2.59. The average molecular weight is 589 g/mol. The van der Waals surface area contributed by atoms with E-state index in [0.717, 1.165) is 36.5 Å². The van der Waals surface area contributed by atoms with Gasteiger partial charge in [-0.15, -0.1) is 0 Å². The molecule has 3 saturated carbocycles. The number of fused-ring (bicyclic) bond motifs is 5. The van der Waals surface area contributed by atoms with Crippen LogP contribution in [-0.4, -0.2) is 36.6 Å². The largest absolute Gasteiger partial charge is 0.509 e. The minimum atomic E-state index is -5.72. The first-order chi connectivity index (χ1) is 18.5. The van der Waals surface area contributed by atoms with Crippen LogP contribution < -0.4 is 0 Å². The molecule has 0 amide bonds. The highest BCUT2D eigenvalue weighted by molar-refractivity contribution is 7.86. The van der Waals surface area contributed by atoms with E-state index in [1.807, 2.05) is 0 Å². The van der Waals surface area contributed by atoms with Crippen LogP contribution in [0.2, 0.25) is 0 Å². The quantitative estimate of drug-likeness (QED) is 0.165. The van der Waals surface area contributed by atoms with Crippen molar-refractivity contribution in [1.82, 2.24) is 0 Å². The lowest BCUT2D eigenvalue weighted by molar-refractivity contribution is -0.0842. The third kappa shape index (κ3) is 5.84. The third-order valence-corrected chi connectivity index (χ3v) is 12.6. The topological polar surface area (TPSA) is 89.9 Å². The molecule has 9 unspecified atom stereocenters. The Morgan fingerprint density at radius 3 is 2.42 bits per heavy atom. The predicted molar refractivity (Wildman–Crippen MR) is 150 cm³/mol. The Morgan fingerprint density at radius 1 is 1.07 bits per heavy atom. The summed E-state index contributed by atoms with van der Waals surface area (Å²) >= 11 is 0. The fraction of sp³-hybridized carbons (Fsp3) is 0.903.